The van der Waals surface area contributed by atoms with E-state index in [1.807, 2.05) is 18.2 Å². The highest BCUT2D eigenvalue weighted by molar-refractivity contribution is 5.99. The quantitative estimate of drug-likeness (QED) is 0.685. The van der Waals surface area contributed by atoms with Crippen LogP contribution in [0.25, 0.3) is 0 Å². The Hall–Kier alpha value is -1.35. The van der Waals surface area contributed by atoms with Gasteiger partial charge in [-0.2, -0.15) is 0 Å². The van der Waals surface area contributed by atoms with Crippen molar-refractivity contribution in [3.63, 3.8) is 0 Å². The summed E-state index contributed by atoms with van der Waals surface area (Å²) >= 11 is 0. The smallest absolute Gasteiger partial charge is 0.161 e. The number of nitrogens with zero attached hydrogens (tertiary/aromatic N) is 1. The Morgan fingerprint density at radius 3 is 2.18 bits per heavy atom. The molecule has 28 heavy (non-hydrogen) atoms. The highest BCUT2D eigenvalue weighted by Crippen LogP contribution is 2.46. The summed E-state index contributed by atoms with van der Waals surface area (Å²) in [5.41, 5.74) is 1.88. The number of carbonyl (C=O) groups is 1. The highest BCUT2D eigenvalue weighted by atomic mass is 16.1. The largest absolute Gasteiger partial charge is 0.382 e. The summed E-state index contributed by atoms with van der Waals surface area (Å²) in [6.07, 6.45) is 15.5. The minimum atomic E-state index is 0.162. The van der Waals surface area contributed by atoms with Crippen molar-refractivity contribution in [3.8, 4) is 0 Å². The number of fused-ring (bicyclic) bond motifs is 4. The van der Waals surface area contributed by atoms with E-state index >= 15 is 0 Å². The van der Waals surface area contributed by atoms with Gasteiger partial charge < -0.3 is 5.32 Å². The molecule has 4 aliphatic rings. The topological polar surface area (TPSA) is 32.3 Å². The number of carbonyl (C=O) groups excluding carboxylic acids is 1. The molecule has 2 aliphatic heterocycles. The molecule has 2 heterocycles. The van der Waals surface area contributed by atoms with Crippen molar-refractivity contribution < 1.29 is 4.79 Å². The van der Waals surface area contributed by atoms with Crippen LogP contribution >= 0.6 is 0 Å². The van der Waals surface area contributed by atoms with E-state index in [0.717, 1.165) is 41.2 Å². The molecule has 6 atom stereocenters. The average molecular weight is 381 g/mol. The number of para-hydroxylation sites is 1. The molecule has 2 saturated carbocycles. The van der Waals surface area contributed by atoms with Crippen LogP contribution in [0.3, 0.4) is 0 Å². The number of hydrogen-bond acceptors (Lipinski definition) is 3. The van der Waals surface area contributed by atoms with Gasteiger partial charge in [0.25, 0.3) is 0 Å². The number of hydrogen-bond donors (Lipinski definition) is 1. The van der Waals surface area contributed by atoms with Gasteiger partial charge in [0, 0.05) is 35.4 Å². The van der Waals surface area contributed by atoms with Crippen LogP contribution in [-0.4, -0.2) is 34.9 Å². The molecule has 4 fully saturated rings. The molecule has 1 aromatic rings. The number of nitrogens with one attached hydrogen (secondary N) is 1. The van der Waals surface area contributed by atoms with E-state index in [0.29, 0.717) is 6.04 Å². The van der Waals surface area contributed by atoms with Crippen molar-refractivity contribution in [2.75, 3.05) is 5.32 Å². The van der Waals surface area contributed by atoms with Crippen molar-refractivity contribution >= 4 is 11.5 Å². The summed E-state index contributed by atoms with van der Waals surface area (Å²) in [7, 11) is 0. The standard InChI is InChI=1S/C25H36N2O/c1-17(28)24-10-2-3-11-25(24)26-20-15-21-8-5-9-22(16-20)27(21)23-13-18-6-4-7-19(12-18)14-23/h2-3,10-11,18-23,26H,4-9,12-16H2,1H3/t18-,19+,20?,21-,22+,23?. The minimum Gasteiger partial charge on any atom is -0.382 e. The van der Waals surface area contributed by atoms with Gasteiger partial charge in [-0.1, -0.05) is 37.8 Å². The summed E-state index contributed by atoms with van der Waals surface area (Å²) in [5.74, 6) is 2.18. The molecule has 3 heteroatoms. The van der Waals surface area contributed by atoms with E-state index < -0.39 is 0 Å². The molecule has 0 radical (unpaired) electrons. The molecule has 2 unspecified atom stereocenters. The molecule has 1 aromatic carbocycles. The van der Waals surface area contributed by atoms with E-state index in [1.54, 1.807) is 6.92 Å². The van der Waals surface area contributed by atoms with Gasteiger partial charge in [-0.05, 0) is 75.8 Å². The zero-order valence-corrected chi connectivity index (χ0v) is 17.4. The number of Topliss-reactive ketones (excluding diaryl/α,β-unsaturated/α-hetero) is 1. The molecule has 152 valence electrons. The Kier molecular flexibility index (Phi) is 5.21. The van der Waals surface area contributed by atoms with Crippen molar-refractivity contribution in [1.29, 1.82) is 0 Å². The monoisotopic (exact) mass is 380 g/mol. The molecule has 2 saturated heterocycles. The summed E-state index contributed by atoms with van der Waals surface area (Å²) in [6, 6.07) is 10.9. The number of anilines is 1. The molecule has 3 nitrogen and oxygen atoms in total. The van der Waals surface area contributed by atoms with Crippen LogP contribution in [0, 0.1) is 11.8 Å². The Morgan fingerprint density at radius 2 is 1.50 bits per heavy atom. The second-order valence-electron chi connectivity index (χ2n) is 10.1. The molecule has 2 aliphatic carbocycles. The first-order valence-electron chi connectivity index (χ1n) is 11.8. The van der Waals surface area contributed by atoms with Crippen LogP contribution in [-0.2, 0) is 0 Å². The predicted octanol–water partition coefficient (Wildman–Crippen LogP) is 5.66. The zero-order valence-electron chi connectivity index (χ0n) is 17.4. The lowest BCUT2D eigenvalue weighted by Crippen LogP contribution is -2.60. The van der Waals surface area contributed by atoms with Crippen LogP contribution in [0.1, 0.15) is 87.9 Å². The lowest BCUT2D eigenvalue weighted by Gasteiger charge is -2.55. The lowest BCUT2D eigenvalue weighted by atomic mass is 9.68. The number of piperidine rings is 2. The van der Waals surface area contributed by atoms with Gasteiger partial charge in [0.05, 0.1) is 0 Å². The Bertz CT molecular complexity index is 690. The molecule has 0 amide bonds. The predicted molar refractivity (Wildman–Crippen MR) is 115 cm³/mol. The van der Waals surface area contributed by atoms with Gasteiger partial charge in [-0.25, -0.2) is 0 Å². The van der Waals surface area contributed by atoms with Gasteiger partial charge in [-0.15, -0.1) is 0 Å². The highest BCUT2D eigenvalue weighted by Gasteiger charge is 2.44. The van der Waals surface area contributed by atoms with Crippen molar-refractivity contribution in [3.05, 3.63) is 29.8 Å². The Labute approximate surface area is 170 Å². The van der Waals surface area contributed by atoms with E-state index in [2.05, 4.69) is 16.3 Å². The molecular weight excluding hydrogens is 344 g/mol. The maximum Gasteiger partial charge on any atom is 0.161 e. The fourth-order valence-electron chi connectivity index (χ4n) is 7.21. The van der Waals surface area contributed by atoms with E-state index in [4.69, 9.17) is 0 Å². The second-order valence-corrected chi connectivity index (χ2v) is 10.1. The normalized spacial score (nSPS) is 38.0. The van der Waals surface area contributed by atoms with Gasteiger partial charge in [0.1, 0.15) is 0 Å². The van der Waals surface area contributed by atoms with Gasteiger partial charge >= 0.3 is 0 Å². The number of ketones is 1. The Morgan fingerprint density at radius 1 is 0.857 bits per heavy atom. The van der Waals surface area contributed by atoms with Gasteiger partial charge in [-0.3, -0.25) is 9.69 Å². The molecule has 1 N–H and O–H groups in total. The van der Waals surface area contributed by atoms with Crippen molar-refractivity contribution in [1.82, 2.24) is 4.90 Å². The van der Waals surface area contributed by atoms with Crippen molar-refractivity contribution in [2.24, 2.45) is 11.8 Å². The summed E-state index contributed by atoms with van der Waals surface area (Å²) in [6.45, 7) is 1.68. The second kappa shape index (κ2) is 7.82. The molecule has 0 aromatic heterocycles. The summed E-state index contributed by atoms with van der Waals surface area (Å²) in [5, 5.41) is 3.78. The molecule has 0 spiro atoms. The summed E-state index contributed by atoms with van der Waals surface area (Å²) in [4.78, 5) is 15.0. The third-order valence-corrected chi connectivity index (χ3v) is 8.22. The van der Waals surface area contributed by atoms with Crippen LogP contribution in [0.2, 0.25) is 0 Å². The fraction of sp³-hybridized carbons (Fsp3) is 0.720. The first kappa shape index (κ1) is 18.7. The number of benzene rings is 1. The van der Waals surface area contributed by atoms with E-state index in [1.165, 1.54) is 70.6 Å². The third kappa shape index (κ3) is 3.63. The first-order valence-corrected chi connectivity index (χ1v) is 11.8. The lowest BCUT2D eigenvalue weighted by molar-refractivity contribution is -0.0382. The average Bonchev–Trinajstić information content (AvgIpc) is 2.67. The third-order valence-electron chi connectivity index (χ3n) is 8.22. The maximum atomic E-state index is 12.0. The number of rotatable bonds is 4. The van der Waals surface area contributed by atoms with Crippen LogP contribution in [0.4, 0.5) is 5.69 Å². The van der Waals surface area contributed by atoms with E-state index in [9.17, 15) is 4.79 Å². The summed E-state index contributed by atoms with van der Waals surface area (Å²) < 4.78 is 0. The van der Waals surface area contributed by atoms with Crippen molar-refractivity contribution in [2.45, 2.75) is 102 Å². The maximum absolute atomic E-state index is 12.0. The van der Waals surface area contributed by atoms with Gasteiger partial charge in [0.2, 0.25) is 0 Å². The Balaban J connectivity index is 1.30. The first-order chi connectivity index (χ1) is 13.7. The molecule has 4 bridgehead atoms. The minimum absolute atomic E-state index is 0.162. The molecule has 5 rings (SSSR count). The van der Waals surface area contributed by atoms with Crippen LogP contribution in [0.15, 0.2) is 24.3 Å². The fourth-order valence-corrected chi connectivity index (χ4v) is 7.21. The van der Waals surface area contributed by atoms with Crippen LogP contribution < -0.4 is 5.32 Å². The van der Waals surface area contributed by atoms with Gasteiger partial charge in [0.15, 0.2) is 5.78 Å². The molecular formula is C25H36N2O. The van der Waals surface area contributed by atoms with E-state index in [-0.39, 0.29) is 5.78 Å². The SMILES string of the molecule is CC(=O)c1ccccc1NC1C[C@H]2CCC[C@@H](C1)N2C1C[C@H]2CCC[C@@H](C1)C2. The van der Waals surface area contributed by atoms with Crippen LogP contribution in [0.5, 0.6) is 0 Å². The zero-order chi connectivity index (χ0) is 19.1.